The number of amides is 1. The molecule has 100 valence electrons. The van der Waals surface area contributed by atoms with Gasteiger partial charge in [0.05, 0.1) is 6.42 Å². The topological polar surface area (TPSA) is 68.0 Å². The van der Waals surface area contributed by atoms with Crippen molar-refractivity contribution in [2.24, 2.45) is 0 Å². The van der Waals surface area contributed by atoms with E-state index >= 15 is 0 Å². The molecule has 0 spiro atoms. The molecule has 3 rings (SSSR count). The summed E-state index contributed by atoms with van der Waals surface area (Å²) in [5.74, 6) is 0.401. The van der Waals surface area contributed by atoms with Crippen LogP contribution in [0.5, 0.6) is 0 Å². The van der Waals surface area contributed by atoms with Crippen LogP contribution in [0.3, 0.4) is 0 Å². The molecule has 3 aromatic rings. The maximum atomic E-state index is 11.9. The van der Waals surface area contributed by atoms with Crippen LogP contribution in [-0.4, -0.2) is 15.9 Å². The monoisotopic (exact) mass is 331 g/mol. The summed E-state index contributed by atoms with van der Waals surface area (Å²) in [4.78, 5) is 20.1. The van der Waals surface area contributed by atoms with Crippen molar-refractivity contribution < 1.29 is 9.21 Å². The maximum Gasteiger partial charge on any atom is 0.229 e. The Labute approximate surface area is 123 Å². The highest BCUT2D eigenvalue weighted by molar-refractivity contribution is 9.10. The van der Waals surface area contributed by atoms with E-state index in [1.54, 1.807) is 12.3 Å². The van der Waals surface area contributed by atoms with Gasteiger partial charge in [0.2, 0.25) is 5.91 Å². The molecule has 0 atom stereocenters. The van der Waals surface area contributed by atoms with Gasteiger partial charge in [0, 0.05) is 10.7 Å². The summed E-state index contributed by atoms with van der Waals surface area (Å²) in [5, 5.41) is 2.74. The first-order valence-electron chi connectivity index (χ1n) is 5.94. The van der Waals surface area contributed by atoms with Gasteiger partial charge >= 0.3 is 0 Å². The number of rotatable bonds is 3. The zero-order valence-electron chi connectivity index (χ0n) is 10.3. The maximum absolute atomic E-state index is 11.9. The average Bonchev–Trinajstić information content (AvgIpc) is 2.89. The summed E-state index contributed by atoms with van der Waals surface area (Å²) >= 11 is 3.29. The second-order valence-corrected chi connectivity index (χ2v) is 5.16. The summed E-state index contributed by atoms with van der Waals surface area (Å²) < 4.78 is 6.08. The zero-order chi connectivity index (χ0) is 13.9. The predicted octanol–water partition coefficient (Wildman–Crippen LogP) is 3.17. The number of halogens is 1. The molecule has 5 nitrogen and oxygen atoms in total. The molecule has 20 heavy (non-hydrogen) atoms. The van der Waals surface area contributed by atoms with Gasteiger partial charge in [-0.05, 0) is 45.8 Å². The van der Waals surface area contributed by atoms with Crippen LogP contribution in [-0.2, 0) is 11.2 Å². The van der Waals surface area contributed by atoms with E-state index in [0.29, 0.717) is 11.4 Å². The standard InChI is InChI=1S/C14H10BrN3O2/c15-10-2-4-13(16-7-10)18-14(19)6-9-1-3-11-12(5-9)20-8-17-11/h1-5,7-8H,6H2,(H,16,18,19). The smallest absolute Gasteiger partial charge is 0.229 e. The van der Waals surface area contributed by atoms with Gasteiger partial charge in [-0.15, -0.1) is 0 Å². The van der Waals surface area contributed by atoms with Gasteiger partial charge in [-0.1, -0.05) is 6.07 Å². The van der Waals surface area contributed by atoms with Crippen LogP contribution in [0.2, 0.25) is 0 Å². The van der Waals surface area contributed by atoms with Crippen molar-refractivity contribution in [3.63, 3.8) is 0 Å². The lowest BCUT2D eigenvalue weighted by molar-refractivity contribution is -0.115. The van der Waals surface area contributed by atoms with Gasteiger partial charge in [-0.3, -0.25) is 4.79 Å². The lowest BCUT2D eigenvalue weighted by atomic mass is 10.1. The number of carbonyl (C=O) groups is 1. The number of hydrogen-bond donors (Lipinski definition) is 1. The van der Waals surface area contributed by atoms with E-state index in [-0.39, 0.29) is 12.3 Å². The zero-order valence-corrected chi connectivity index (χ0v) is 11.9. The summed E-state index contributed by atoms with van der Waals surface area (Å²) in [6, 6.07) is 9.07. The fraction of sp³-hybridized carbons (Fsp3) is 0.0714. The van der Waals surface area contributed by atoms with Crippen molar-refractivity contribution in [3.05, 3.63) is 53.0 Å². The Morgan fingerprint density at radius 2 is 2.15 bits per heavy atom. The molecule has 2 heterocycles. The molecule has 0 bridgehead atoms. The molecule has 2 aromatic heterocycles. The number of fused-ring (bicyclic) bond motifs is 1. The molecule has 6 heteroatoms. The Kier molecular flexibility index (Phi) is 3.47. The van der Waals surface area contributed by atoms with E-state index in [0.717, 1.165) is 15.6 Å². The second kappa shape index (κ2) is 5.42. The number of pyridine rings is 1. The molecule has 0 aliphatic rings. The van der Waals surface area contributed by atoms with Crippen LogP contribution < -0.4 is 5.32 Å². The van der Waals surface area contributed by atoms with Crippen molar-refractivity contribution in [1.82, 2.24) is 9.97 Å². The fourth-order valence-corrected chi connectivity index (χ4v) is 2.07. The fourth-order valence-electron chi connectivity index (χ4n) is 1.83. The third-order valence-corrected chi connectivity index (χ3v) is 3.22. The molecule has 0 unspecified atom stereocenters. The van der Waals surface area contributed by atoms with E-state index in [1.165, 1.54) is 6.39 Å². The molecular formula is C14H10BrN3O2. The van der Waals surface area contributed by atoms with Crippen LogP contribution in [0.25, 0.3) is 11.1 Å². The molecule has 0 aliphatic heterocycles. The van der Waals surface area contributed by atoms with Crippen molar-refractivity contribution in [2.45, 2.75) is 6.42 Å². The van der Waals surface area contributed by atoms with Crippen LogP contribution in [0.1, 0.15) is 5.56 Å². The molecule has 0 saturated carbocycles. The first kappa shape index (κ1) is 12.8. The van der Waals surface area contributed by atoms with Gasteiger partial charge in [-0.25, -0.2) is 9.97 Å². The third-order valence-electron chi connectivity index (χ3n) is 2.76. The number of nitrogens with one attached hydrogen (secondary N) is 1. The summed E-state index contributed by atoms with van der Waals surface area (Å²) in [6.07, 6.45) is 3.28. The van der Waals surface area contributed by atoms with Crippen molar-refractivity contribution in [1.29, 1.82) is 0 Å². The number of hydrogen-bond acceptors (Lipinski definition) is 4. The minimum Gasteiger partial charge on any atom is -0.443 e. The molecule has 0 saturated heterocycles. The molecule has 1 amide bonds. The van der Waals surface area contributed by atoms with Gasteiger partial charge in [0.15, 0.2) is 12.0 Å². The molecule has 0 fully saturated rings. The van der Waals surface area contributed by atoms with Crippen LogP contribution in [0.4, 0.5) is 5.82 Å². The number of anilines is 1. The lowest BCUT2D eigenvalue weighted by Gasteiger charge is -2.04. The largest absolute Gasteiger partial charge is 0.443 e. The SMILES string of the molecule is O=C(Cc1ccc2ncoc2c1)Nc1ccc(Br)cn1. The van der Waals surface area contributed by atoms with Gasteiger partial charge < -0.3 is 9.73 Å². The minimum atomic E-state index is -0.126. The summed E-state index contributed by atoms with van der Waals surface area (Å²) in [7, 11) is 0. The first-order chi connectivity index (χ1) is 9.70. The molecule has 0 aliphatic carbocycles. The third kappa shape index (κ3) is 2.85. The highest BCUT2D eigenvalue weighted by Crippen LogP contribution is 2.15. The number of oxazole rings is 1. The Balaban J connectivity index is 1.70. The highest BCUT2D eigenvalue weighted by Gasteiger charge is 2.07. The number of carbonyl (C=O) groups excluding carboxylic acids is 1. The number of nitrogens with zero attached hydrogens (tertiary/aromatic N) is 2. The van der Waals surface area contributed by atoms with E-state index in [2.05, 4.69) is 31.2 Å². The Morgan fingerprint density at radius 1 is 1.25 bits per heavy atom. The van der Waals surface area contributed by atoms with E-state index in [4.69, 9.17) is 4.42 Å². The van der Waals surface area contributed by atoms with E-state index in [1.807, 2.05) is 24.3 Å². The van der Waals surface area contributed by atoms with Crippen LogP contribution in [0.15, 0.2) is 51.8 Å². The van der Waals surface area contributed by atoms with E-state index < -0.39 is 0 Å². The summed E-state index contributed by atoms with van der Waals surface area (Å²) in [6.45, 7) is 0. The minimum absolute atomic E-state index is 0.126. The molecule has 1 N–H and O–H groups in total. The second-order valence-electron chi connectivity index (χ2n) is 4.24. The molecule has 1 aromatic carbocycles. The normalized spacial score (nSPS) is 10.7. The molecule has 0 radical (unpaired) electrons. The number of aromatic nitrogens is 2. The van der Waals surface area contributed by atoms with Gasteiger partial charge in [0.25, 0.3) is 0 Å². The van der Waals surface area contributed by atoms with Crippen LogP contribution in [0, 0.1) is 0 Å². The highest BCUT2D eigenvalue weighted by atomic mass is 79.9. The lowest BCUT2D eigenvalue weighted by Crippen LogP contribution is -2.15. The average molecular weight is 332 g/mol. The predicted molar refractivity (Wildman–Crippen MR) is 78.3 cm³/mol. The first-order valence-corrected chi connectivity index (χ1v) is 6.73. The van der Waals surface area contributed by atoms with Gasteiger partial charge in [-0.2, -0.15) is 0 Å². The van der Waals surface area contributed by atoms with Crippen molar-refractivity contribution >= 4 is 38.8 Å². The number of benzene rings is 1. The Hall–Kier alpha value is -2.21. The summed E-state index contributed by atoms with van der Waals surface area (Å²) in [5.41, 5.74) is 2.32. The van der Waals surface area contributed by atoms with Crippen LogP contribution >= 0.6 is 15.9 Å². The molecular weight excluding hydrogens is 322 g/mol. The van der Waals surface area contributed by atoms with E-state index in [9.17, 15) is 4.79 Å². The Morgan fingerprint density at radius 3 is 2.95 bits per heavy atom. The van der Waals surface area contributed by atoms with Crippen molar-refractivity contribution in [3.8, 4) is 0 Å². The van der Waals surface area contributed by atoms with Crippen molar-refractivity contribution in [2.75, 3.05) is 5.32 Å². The Bertz CT molecular complexity index is 752. The van der Waals surface area contributed by atoms with Gasteiger partial charge in [0.1, 0.15) is 11.3 Å². The quantitative estimate of drug-likeness (QED) is 0.800.